The second-order valence-electron chi connectivity index (χ2n) is 6.17. The zero-order chi connectivity index (χ0) is 16.3. The quantitative estimate of drug-likeness (QED) is 0.697. The molecule has 0 aromatic heterocycles. The molecule has 0 aromatic rings. The third-order valence-electron chi connectivity index (χ3n) is 3.06. The minimum absolute atomic E-state index is 0.0190. The van der Waals surface area contributed by atoms with Crippen molar-refractivity contribution >= 4 is 11.8 Å². The molecule has 1 fully saturated rings. The molecule has 0 aromatic carbocycles. The van der Waals surface area contributed by atoms with E-state index in [0.29, 0.717) is 13.0 Å². The lowest BCUT2D eigenvalue weighted by Crippen LogP contribution is -2.43. The number of carbonyl (C=O) groups excluding carboxylic acids is 2. The summed E-state index contributed by atoms with van der Waals surface area (Å²) in [6, 6.07) is 0. The van der Waals surface area contributed by atoms with Crippen LogP contribution in [0.2, 0.25) is 0 Å². The van der Waals surface area contributed by atoms with Crippen LogP contribution >= 0.6 is 0 Å². The first-order valence-corrected chi connectivity index (χ1v) is 6.85. The van der Waals surface area contributed by atoms with Crippen LogP contribution in [0.1, 0.15) is 27.2 Å². The summed E-state index contributed by atoms with van der Waals surface area (Å²) in [7, 11) is 0. The lowest BCUT2D eigenvalue weighted by Gasteiger charge is -2.22. The molecule has 120 valence electrons. The topological polar surface area (TPSA) is 40.6 Å². The number of rotatable bonds is 1. The van der Waals surface area contributed by atoms with Crippen LogP contribution in [0.3, 0.4) is 0 Å². The van der Waals surface area contributed by atoms with Crippen LogP contribution in [-0.4, -0.2) is 54.0 Å². The molecule has 0 bridgehead atoms. The molecular weight excluding hydrogens is 285 g/mol. The Bertz CT molecular complexity index is 425. The van der Waals surface area contributed by atoms with E-state index in [1.54, 1.807) is 6.08 Å². The van der Waals surface area contributed by atoms with Crippen molar-refractivity contribution in [1.82, 2.24) is 9.80 Å². The van der Waals surface area contributed by atoms with Gasteiger partial charge in [0.1, 0.15) is 0 Å². The highest BCUT2D eigenvalue weighted by Crippen LogP contribution is 2.20. The summed E-state index contributed by atoms with van der Waals surface area (Å²) in [5.41, 5.74) is -0.139. The summed E-state index contributed by atoms with van der Waals surface area (Å²) < 4.78 is 37.2. The van der Waals surface area contributed by atoms with Gasteiger partial charge in [0.15, 0.2) is 0 Å². The lowest BCUT2D eigenvalue weighted by molar-refractivity contribution is -0.185. The van der Waals surface area contributed by atoms with Gasteiger partial charge in [-0.25, -0.2) is 0 Å². The highest BCUT2D eigenvalue weighted by Gasteiger charge is 2.42. The van der Waals surface area contributed by atoms with E-state index in [4.69, 9.17) is 0 Å². The van der Waals surface area contributed by atoms with Crippen molar-refractivity contribution in [2.45, 2.75) is 33.4 Å². The maximum Gasteiger partial charge on any atom is 0.471 e. The third kappa shape index (κ3) is 5.77. The number of hydrogen-bond donors (Lipinski definition) is 0. The van der Waals surface area contributed by atoms with Crippen LogP contribution in [0.4, 0.5) is 13.2 Å². The van der Waals surface area contributed by atoms with Gasteiger partial charge < -0.3 is 9.80 Å². The van der Waals surface area contributed by atoms with Gasteiger partial charge in [-0.15, -0.1) is 0 Å². The molecule has 0 saturated carbocycles. The standard InChI is InChI=1S/C14H21F3N2O2/c1-13(2,3)6-5-11(20)18-7-4-8-19(10-9-18)12(21)14(15,16)17/h5-6H,4,7-10H2,1-3H3/b6-5+. The van der Waals surface area contributed by atoms with Crippen molar-refractivity contribution in [3.05, 3.63) is 12.2 Å². The van der Waals surface area contributed by atoms with Crippen molar-refractivity contribution in [1.29, 1.82) is 0 Å². The maximum atomic E-state index is 12.4. The fourth-order valence-corrected chi connectivity index (χ4v) is 1.95. The molecule has 2 amide bonds. The molecule has 21 heavy (non-hydrogen) atoms. The van der Waals surface area contributed by atoms with Crippen LogP contribution in [0.15, 0.2) is 12.2 Å². The van der Waals surface area contributed by atoms with Crippen LogP contribution in [-0.2, 0) is 9.59 Å². The van der Waals surface area contributed by atoms with Gasteiger partial charge in [-0.05, 0) is 17.9 Å². The van der Waals surface area contributed by atoms with Gasteiger partial charge in [0, 0.05) is 26.2 Å². The van der Waals surface area contributed by atoms with Crippen LogP contribution in [0.25, 0.3) is 0 Å². The Balaban J connectivity index is 2.63. The van der Waals surface area contributed by atoms with Gasteiger partial charge in [-0.1, -0.05) is 26.8 Å². The SMILES string of the molecule is CC(C)(C)/C=C/C(=O)N1CCCN(C(=O)C(F)(F)F)CC1. The van der Waals surface area contributed by atoms with Crippen molar-refractivity contribution in [3.8, 4) is 0 Å². The van der Waals surface area contributed by atoms with E-state index >= 15 is 0 Å². The van der Waals surface area contributed by atoms with E-state index in [9.17, 15) is 22.8 Å². The number of hydrogen-bond acceptors (Lipinski definition) is 2. The molecule has 7 heteroatoms. The summed E-state index contributed by atoms with van der Waals surface area (Å²) in [6.07, 6.45) is -1.30. The Morgan fingerprint density at radius 1 is 0.952 bits per heavy atom. The summed E-state index contributed by atoms with van der Waals surface area (Å²) in [6.45, 7) is 6.25. The van der Waals surface area contributed by atoms with Crippen molar-refractivity contribution in [2.75, 3.05) is 26.2 Å². The van der Waals surface area contributed by atoms with Crippen LogP contribution < -0.4 is 0 Å². The number of amides is 2. The summed E-state index contributed by atoms with van der Waals surface area (Å²) in [4.78, 5) is 25.4. The molecule has 1 rings (SSSR count). The van der Waals surface area contributed by atoms with E-state index in [1.807, 2.05) is 20.8 Å². The zero-order valence-electron chi connectivity index (χ0n) is 12.5. The van der Waals surface area contributed by atoms with E-state index in [2.05, 4.69) is 0 Å². The highest BCUT2D eigenvalue weighted by molar-refractivity contribution is 5.88. The first-order chi connectivity index (χ1) is 9.50. The second-order valence-corrected chi connectivity index (χ2v) is 6.17. The Hall–Kier alpha value is -1.53. The molecule has 0 aliphatic carbocycles. The van der Waals surface area contributed by atoms with Gasteiger partial charge >= 0.3 is 12.1 Å². The monoisotopic (exact) mass is 306 g/mol. The van der Waals surface area contributed by atoms with Gasteiger partial charge in [0.25, 0.3) is 0 Å². The predicted octanol–water partition coefficient (Wildman–Crippen LogP) is 2.21. The average Bonchev–Trinajstić information content (AvgIpc) is 2.58. The summed E-state index contributed by atoms with van der Waals surface area (Å²) in [5.74, 6) is -2.06. The van der Waals surface area contributed by atoms with E-state index in [-0.39, 0.29) is 31.0 Å². The average molecular weight is 306 g/mol. The van der Waals surface area contributed by atoms with Crippen LogP contribution in [0.5, 0.6) is 0 Å². The third-order valence-corrected chi connectivity index (χ3v) is 3.06. The first-order valence-electron chi connectivity index (χ1n) is 6.85. The molecule has 4 nitrogen and oxygen atoms in total. The van der Waals surface area contributed by atoms with Gasteiger partial charge in [-0.2, -0.15) is 13.2 Å². The molecule has 0 spiro atoms. The second kappa shape index (κ2) is 6.49. The molecule has 0 N–H and O–H groups in total. The first kappa shape index (κ1) is 17.5. The molecular formula is C14H21F3N2O2. The molecule has 0 radical (unpaired) electrons. The largest absolute Gasteiger partial charge is 0.471 e. The van der Waals surface area contributed by atoms with E-state index in [1.165, 1.54) is 11.0 Å². The Labute approximate surface area is 122 Å². The van der Waals surface area contributed by atoms with Crippen molar-refractivity contribution < 1.29 is 22.8 Å². The normalized spacial score (nSPS) is 18.0. The smallest absolute Gasteiger partial charge is 0.337 e. The lowest BCUT2D eigenvalue weighted by atomic mass is 9.96. The van der Waals surface area contributed by atoms with Gasteiger partial charge in [-0.3, -0.25) is 9.59 Å². The highest BCUT2D eigenvalue weighted by atomic mass is 19.4. The van der Waals surface area contributed by atoms with Crippen LogP contribution in [0, 0.1) is 5.41 Å². The molecule has 1 aliphatic rings. The van der Waals surface area contributed by atoms with Gasteiger partial charge in [0.2, 0.25) is 5.91 Å². The number of allylic oxidation sites excluding steroid dienone is 1. The number of alkyl halides is 3. The fraction of sp³-hybridized carbons (Fsp3) is 0.714. The van der Waals surface area contributed by atoms with E-state index < -0.39 is 12.1 Å². The molecule has 0 unspecified atom stereocenters. The number of nitrogens with zero attached hydrogens (tertiary/aromatic N) is 2. The Morgan fingerprint density at radius 3 is 2.00 bits per heavy atom. The molecule has 1 saturated heterocycles. The van der Waals surface area contributed by atoms with Crippen molar-refractivity contribution in [2.24, 2.45) is 5.41 Å². The number of carbonyl (C=O) groups is 2. The molecule has 0 atom stereocenters. The fourth-order valence-electron chi connectivity index (χ4n) is 1.95. The zero-order valence-corrected chi connectivity index (χ0v) is 12.5. The molecule has 1 heterocycles. The minimum Gasteiger partial charge on any atom is -0.337 e. The van der Waals surface area contributed by atoms with Gasteiger partial charge in [0.05, 0.1) is 0 Å². The predicted molar refractivity (Wildman–Crippen MR) is 72.4 cm³/mol. The van der Waals surface area contributed by atoms with Crippen molar-refractivity contribution in [3.63, 3.8) is 0 Å². The number of halogens is 3. The minimum atomic E-state index is -4.86. The molecule has 1 aliphatic heterocycles. The maximum absolute atomic E-state index is 12.4. The Morgan fingerprint density at radius 2 is 1.48 bits per heavy atom. The Kier molecular flexibility index (Phi) is 5.42. The van der Waals surface area contributed by atoms with E-state index in [0.717, 1.165) is 4.90 Å². The summed E-state index contributed by atoms with van der Waals surface area (Å²) >= 11 is 0. The summed E-state index contributed by atoms with van der Waals surface area (Å²) in [5, 5.41) is 0.